The molecule has 0 atom stereocenters. The average Bonchev–Trinajstić information content (AvgIpc) is 2.65. The van der Waals surface area contributed by atoms with E-state index < -0.39 is 5.91 Å². The van der Waals surface area contributed by atoms with Crippen LogP contribution >= 0.6 is 0 Å². The van der Waals surface area contributed by atoms with Crippen molar-refractivity contribution in [3.63, 3.8) is 0 Å². The first kappa shape index (κ1) is 21.2. The zero-order valence-electron chi connectivity index (χ0n) is 15.6. The van der Waals surface area contributed by atoms with Gasteiger partial charge in [0.25, 0.3) is 5.91 Å². The second kappa shape index (κ2) is 11.7. The molecule has 0 bridgehead atoms. The summed E-state index contributed by atoms with van der Waals surface area (Å²) in [7, 11) is 1.47. The van der Waals surface area contributed by atoms with Gasteiger partial charge in [-0.15, -0.1) is 0 Å². The van der Waals surface area contributed by atoms with Crippen molar-refractivity contribution in [3.8, 4) is 17.6 Å². The summed E-state index contributed by atoms with van der Waals surface area (Å²) in [5, 5.41) is 11.9. The maximum Gasteiger partial charge on any atom is 0.311 e. The van der Waals surface area contributed by atoms with Crippen LogP contribution in [0.3, 0.4) is 0 Å². The fourth-order valence-corrected chi connectivity index (χ4v) is 2.14. The first-order valence-corrected chi connectivity index (χ1v) is 8.84. The minimum absolute atomic E-state index is 0.0100. The first-order valence-electron chi connectivity index (χ1n) is 8.84. The zero-order valence-corrected chi connectivity index (χ0v) is 15.6. The summed E-state index contributed by atoms with van der Waals surface area (Å²) < 4.78 is 10.6. The SMILES string of the molecule is CCCCNC(=O)/C(C#N)=C/c1ccc(OC(=O)CCCC)c(OC)c1. The second-order valence-corrected chi connectivity index (χ2v) is 5.77. The lowest BCUT2D eigenvalue weighted by atomic mass is 10.1. The molecule has 1 amide bonds. The van der Waals surface area contributed by atoms with E-state index in [1.54, 1.807) is 18.2 Å². The Kier molecular flexibility index (Phi) is 9.55. The predicted octanol–water partition coefficient (Wildman–Crippen LogP) is 3.61. The number of amides is 1. The molecule has 0 heterocycles. The Hall–Kier alpha value is -2.81. The van der Waals surface area contributed by atoms with Crippen molar-refractivity contribution >= 4 is 18.0 Å². The standard InChI is InChI=1S/C20H26N2O4/c1-4-6-8-19(23)26-17-10-9-15(13-18(17)25-3)12-16(14-21)20(24)22-11-7-5-2/h9-10,12-13H,4-8,11H2,1-3H3,(H,22,24)/b16-12+. The van der Waals surface area contributed by atoms with Gasteiger partial charge in [0.05, 0.1) is 7.11 Å². The van der Waals surface area contributed by atoms with Crippen LogP contribution in [-0.4, -0.2) is 25.5 Å². The van der Waals surface area contributed by atoms with E-state index in [0.717, 1.165) is 25.7 Å². The fraction of sp³-hybridized carbons (Fsp3) is 0.450. The minimum atomic E-state index is -0.407. The van der Waals surface area contributed by atoms with Gasteiger partial charge in [0.1, 0.15) is 11.6 Å². The summed E-state index contributed by atoms with van der Waals surface area (Å²) in [6, 6.07) is 6.80. The monoisotopic (exact) mass is 358 g/mol. The molecule has 0 unspecified atom stereocenters. The van der Waals surface area contributed by atoms with Gasteiger partial charge in [-0.3, -0.25) is 9.59 Å². The number of methoxy groups -OCH3 is 1. The number of ether oxygens (including phenoxy) is 2. The van der Waals surface area contributed by atoms with E-state index in [-0.39, 0.29) is 11.5 Å². The molecule has 0 fully saturated rings. The number of benzene rings is 1. The topological polar surface area (TPSA) is 88.4 Å². The predicted molar refractivity (Wildman–Crippen MR) is 99.7 cm³/mol. The molecule has 1 aromatic carbocycles. The molecule has 0 radical (unpaired) electrons. The van der Waals surface area contributed by atoms with E-state index in [1.165, 1.54) is 13.2 Å². The zero-order chi connectivity index (χ0) is 19.4. The number of nitrogens with one attached hydrogen (secondary N) is 1. The van der Waals surface area contributed by atoms with Crippen molar-refractivity contribution in [1.82, 2.24) is 5.32 Å². The van der Waals surface area contributed by atoms with E-state index in [1.807, 2.05) is 19.9 Å². The van der Waals surface area contributed by atoms with Gasteiger partial charge in [-0.1, -0.05) is 32.8 Å². The van der Waals surface area contributed by atoms with Gasteiger partial charge in [-0.2, -0.15) is 5.26 Å². The molecule has 6 nitrogen and oxygen atoms in total. The molecular weight excluding hydrogens is 332 g/mol. The van der Waals surface area contributed by atoms with Crippen LogP contribution in [0, 0.1) is 11.3 Å². The number of unbranched alkanes of at least 4 members (excludes halogenated alkanes) is 2. The van der Waals surface area contributed by atoms with Gasteiger partial charge < -0.3 is 14.8 Å². The van der Waals surface area contributed by atoms with Gasteiger partial charge in [0.15, 0.2) is 11.5 Å². The number of carbonyl (C=O) groups is 2. The number of rotatable bonds is 10. The van der Waals surface area contributed by atoms with Gasteiger partial charge >= 0.3 is 5.97 Å². The Morgan fingerprint density at radius 1 is 1.19 bits per heavy atom. The third kappa shape index (κ3) is 6.98. The van der Waals surface area contributed by atoms with Crippen molar-refractivity contribution in [2.24, 2.45) is 0 Å². The highest BCUT2D eigenvalue weighted by atomic mass is 16.6. The van der Waals surface area contributed by atoms with Crippen LogP contribution in [0.1, 0.15) is 51.5 Å². The molecular formula is C20H26N2O4. The number of esters is 1. The summed E-state index contributed by atoms with van der Waals surface area (Å²) >= 11 is 0. The number of nitrogens with zero attached hydrogens (tertiary/aromatic N) is 1. The molecule has 0 aliphatic rings. The normalized spacial score (nSPS) is 10.8. The number of hydrogen-bond acceptors (Lipinski definition) is 5. The maximum atomic E-state index is 12.0. The second-order valence-electron chi connectivity index (χ2n) is 5.77. The number of nitriles is 1. The Balaban J connectivity index is 2.91. The highest BCUT2D eigenvalue weighted by molar-refractivity contribution is 6.01. The van der Waals surface area contributed by atoms with E-state index in [4.69, 9.17) is 9.47 Å². The minimum Gasteiger partial charge on any atom is -0.493 e. The van der Waals surface area contributed by atoms with Crippen molar-refractivity contribution in [2.75, 3.05) is 13.7 Å². The molecule has 0 aliphatic heterocycles. The molecule has 1 N–H and O–H groups in total. The molecule has 6 heteroatoms. The lowest BCUT2D eigenvalue weighted by Gasteiger charge is -2.10. The number of hydrogen-bond donors (Lipinski definition) is 1. The largest absolute Gasteiger partial charge is 0.493 e. The summed E-state index contributed by atoms with van der Waals surface area (Å²) in [4.78, 5) is 23.8. The van der Waals surface area contributed by atoms with Gasteiger partial charge in [-0.25, -0.2) is 0 Å². The van der Waals surface area contributed by atoms with Crippen LogP contribution < -0.4 is 14.8 Å². The van der Waals surface area contributed by atoms with Crippen LogP contribution in [0.25, 0.3) is 6.08 Å². The third-order valence-corrected chi connectivity index (χ3v) is 3.64. The van der Waals surface area contributed by atoms with Crippen LogP contribution in [-0.2, 0) is 9.59 Å². The molecule has 0 saturated heterocycles. The lowest BCUT2D eigenvalue weighted by molar-refractivity contribution is -0.134. The highest BCUT2D eigenvalue weighted by Gasteiger charge is 2.12. The average molecular weight is 358 g/mol. The Labute approximate surface area is 154 Å². The smallest absolute Gasteiger partial charge is 0.311 e. The van der Waals surface area contributed by atoms with E-state index in [9.17, 15) is 14.9 Å². The molecule has 0 spiro atoms. The summed E-state index contributed by atoms with van der Waals surface area (Å²) in [6.07, 6.45) is 5.32. The van der Waals surface area contributed by atoms with Crippen molar-refractivity contribution < 1.29 is 19.1 Å². The molecule has 140 valence electrons. The summed E-state index contributed by atoms with van der Waals surface area (Å²) in [5.41, 5.74) is 0.619. The highest BCUT2D eigenvalue weighted by Crippen LogP contribution is 2.29. The molecule has 1 rings (SSSR count). The van der Waals surface area contributed by atoms with Crippen LogP contribution in [0.4, 0.5) is 0 Å². The first-order chi connectivity index (χ1) is 12.5. The maximum absolute atomic E-state index is 12.0. The van der Waals surface area contributed by atoms with Crippen LogP contribution in [0.5, 0.6) is 11.5 Å². The van der Waals surface area contributed by atoms with Gasteiger partial charge in [0, 0.05) is 13.0 Å². The van der Waals surface area contributed by atoms with Gasteiger partial charge in [0.2, 0.25) is 0 Å². The molecule has 26 heavy (non-hydrogen) atoms. The molecule has 0 aromatic heterocycles. The van der Waals surface area contributed by atoms with E-state index in [2.05, 4.69) is 5.32 Å². The van der Waals surface area contributed by atoms with Crippen LogP contribution in [0.2, 0.25) is 0 Å². The Bertz CT molecular complexity index is 690. The van der Waals surface area contributed by atoms with Crippen molar-refractivity contribution in [3.05, 3.63) is 29.3 Å². The summed E-state index contributed by atoms with van der Waals surface area (Å²) in [6.45, 7) is 4.56. The van der Waals surface area contributed by atoms with Gasteiger partial charge in [-0.05, 0) is 36.6 Å². The quantitative estimate of drug-likeness (QED) is 0.227. The molecule has 1 aromatic rings. The Morgan fingerprint density at radius 3 is 2.54 bits per heavy atom. The van der Waals surface area contributed by atoms with Crippen molar-refractivity contribution in [1.29, 1.82) is 5.26 Å². The Morgan fingerprint density at radius 2 is 1.92 bits per heavy atom. The van der Waals surface area contributed by atoms with Crippen LogP contribution in [0.15, 0.2) is 23.8 Å². The fourth-order valence-electron chi connectivity index (χ4n) is 2.14. The lowest BCUT2D eigenvalue weighted by Crippen LogP contribution is -2.25. The summed E-state index contributed by atoms with van der Waals surface area (Å²) in [5.74, 6) is -0.0413. The van der Waals surface area contributed by atoms with E-state index >= 15 is 0 Å². The number of carbonyl (C=O) groups excluding carboxylic acids is 2. The molecule has 0 aliphatic carbocycles. The third-order valence-electron chi connectivity index (χ3n) is 3.64. The molecule has 0 saturated carbocycles. The van der Waals surface area contributed by atoms with Crippen molar-refractivity contribution in [2.45, 2.75) is 46.0 Å². The van der Waals surface area contributed by atoms with E-state index in [0.29, 0.717) is 30.0 Å².